The summed E-state index contributed by atoms with van der Waals surface area (Å²) in [6.45, 7) is 1.72. The summed E-state index contributed by atoms with van der Waals surface area (Å²) in [5, 5.41) is 6.75. The van der Waals surface area contributed by atoms with E-state index in [1.165, 1.54) is 43.2 Å². The highest BCUT2D eigenvalue weighted by Gasteiger charge is 2.23. The maximum absolute atomic E-state index is 12.5. The molecule has 1 atom stereocenters. The van der Waals surface area contributed by atoms with Gasteiger partial charge >= 0.3 is 0 Å². The molecule has 1 saturated carbocycles. The molecule has 0 aromatic heterocycles. The molecule has 128 valence electrons. The van der Waals surface area contributed by atoms with E-state index < -0.39 is 0 Å². The number of carbonyl (C=O) groups excluding carboxylic acids is 1. The number of amides is 1. The first-order chi connectivity index (χ1) is 10.8. The molecule has 1 aromatic rings. The first kappa shape index (κ1) is 18.3. The number of rotatable bonds is 3. The van der Waals surface area contributed by atoms with E-state index in [0.29, 0.717) is 6.54 Å². The molecule has 1 fully saturated rings. The summed E-state index contributed by atoms with van der Waals surface area (Å²) in [5.74, 6) is 0.505. The molecule has 2 aliphatic rings. The number of carbonyl (C=O) groups is 1. The predicted molar refractivity (Wildman–Crippen MR) is 97.0 cm³/mol. The van der Waals surface area contributed by atoms with E-state index in [1.807, 2.05) is 0 Å². The highest BCUT2D eigenvalue weighted by Crippen LogP contribution is 2.24. The normalized spacial score (nSPS) is 22.2. The molecule has 4 heteroatoms. The average molecular weight is 337 g/mol. The minimum Gasteiger partial charge on any atom is -0.354 e. The lowest BCUT2D eigenvalue weighted by Crippen LogP contribution is -2.40. The fraction of sp³-hybridized carbons (Fsp3) is 0.632. The van der Waals surface area contributed by atoms with Gasteiger partial charge in [0.05, 0.1) is 0 Å². The number of nitrogens with one attached hydrogen (secondary N) is 2. The summed E-state index contributed by atoms with van der Waals surface area (Å²) in [5.41, 5.74) is 2.78. The van der Waals surface area contributed by atoms with Gasteiger partial charge in [-0.15, -0.1) is 12.4 Å². The summed E-state index contributed by atoms with van der Waals surface area (Å²) < 4.78 is 0. The predicted octanol–water partition coefficient (Wildman–Crippen LogP) is 3.77. The van der Waals surface area contributed by atoms with E-state index in [-0.39, 0.29) is 30.3 Å². The highest BCUT2D eigenvalue weighted by atomic mass is 35.5. The second-order valence-electron chi connectivity index (χ2n) is 6.74. The molecular weight excluding hydrogens is 308 g/mol. The second-order valence-corrected chi connectivity index (χ2v) is 6.74. The van der Waals surface area contributed by atoms with Gasteiger partial charge in [-0.25, -0.2) is 0 Å². The minimum absolute atomic E-state index is 0. The SMILES string of the molecule is Cl.O=C(NCC1NCCc2ccccc21)C1CCCCCCC1. The highest BCUT2D eigenvalue weighted by molar-refractivity contribution is 5.85. The summed E-state index contributed by atoms with van der Waals surface area (Å²) in [6.07, 6.45) is 9.58. The molecule has 1 unspecified atom stereocenters. The largest absolute Gasteiger partial charge is 0.354 e. The fourth-order valence-electron chi connectivity index (χ4n) is 3.84. The van der Waals surface area contributed by atoms with Gasteiger partial charge in [-0.3, -0.25) is 4.79 Å². The smallest absolute Gasteiger partial charge is 0.223 e. The molecule has 23 heavy (non-hydrogen) atoms. The van der Waals surface area contributed by atoms with Crippen LogP contribution in [0.5, 0.6) is 0 Å². The monoisotopic (exact) mass is 336 g/mol. The van der Waals surface area contributed by atoms with E-state index in [9.17, 15) is 4.79 Å². The molecule has 1 amide bonds. The Balaban J connectivity index is 0.00000192. The van der Waals surface area contributed by atoms with E-state index in [0.717, 1.165) is 25.8 Å². The second kappa shape index (κ2) is 9.29. The molecule has 2 N–H and O–H groups in total. The maximum Gasteiger partial charge on any atom is 0.223 e. The van der Waals surface area contributed by atoms with Gasteiger partial charge < -0.3 is 10.6 Å². The van der Waals surface area contributed by atoms with Crippen molar-refractivity contribution in [2.45, 2.75) is 57.4 Å². The number of hydrogen-bond donors (Lipinski definition) is 2. The van der Waals surface area contributed by atoms with Crippen LogP contribution in [0.2, 0.25) is 0 Å². The van der Waals surface area contributed by atoms with Crippen molar-refractivity contribution >= 4 is 18.3 Å². The van der Waals surface area contributed by atoms with E-state index in [4.69, 9.17) is 0 Å². The number of benzene rings is 1. The van der Waals surface area contributed by atoms with Crippen LogP contribution in [0.25, 0.3) is 0 Å². The third-order valence-electron chi connectivity index (χ3n) is 5.17. The molecular formula is C19H29ClN2O. The summed E-state index contributed by atoms with van der Waals surface area (Å²) >= 11 is 0. The van der Waals surface area contributed by atoms with Crippen molar-refractivity contribution in [1.82, 2.24) is 10.6 Å². The van der Waals surface area contributed by atoms with Crippen LogP contribution < -0.4 is 10.6 Å². The molecule has 1 heterocycles. The first-order valence-corrected chi connectivity index (χ1v) is 8.93. The van der Waals surface area contributed by atoms with Gasteiger partial charge in [0.15, 0.2) is 0 Å². The van der Waals surface area contributed by atoms with Gasteiger partial charge in [-0.1, -0.05) is 56.4 Å². The standard InChI is InChI=1S/C19H28N2O.ClH/c22-19(16-9-4-2-1-3-5-10-16)21-14-18-17-11-7-6-8-15(17)12-13-20-18;/h6-8,11,16,18,20H,1-5,9-10,12-14H2,(H,21,22);1H. The lowest BCUT2D eigenvalue weighted by Gasteiger charge is -2.28. The number of fused-ring (bicyclic) bond motifs is 1. The van der Waals surface area contributed by atoms with Crippen LogP contribution in [0, 0.1) is 5.92 Å². The van der Waals surface area contributed by atoms with Gasteiger partial charge in [0.2, 0.25) is 5.91 Å². The summed E-state index contributed by atoms with van der Waals surface area (Å²) in [7, 11) is 0. The van der Waals surface area contributed by atoms with Crippen molar-refractivity contribution in [1.29, 1.82) is 0 Å². The maximum atomic E-state index is 12.5. The van der Waals surface area contributed by atoms with Gasteiger partial charge in [0.25, 0.3) is 0 Å². The summed E-state index contributed by atoms with van der Waals surface area (Å²) in [4.78, 5) is 12.5. The third kappa shape index (κ3) is 4.95. The van der Waals surface area contributed by atoms with Gasteiger partial charge in [0, 0.05) is 18.5 Å². The topological polar surface area (TPSA) is 41.1 Å². The van der Waals surface area contributed by atoms with Crippen molar-refractivity contribution in [3.63, 3.8) is 0 Å². The van der Waals surface area contributed by atoms with Crippen molar-refractivity contribution in [3.8, 4) is 0 Å². The Morgan fingerprint density at radius 3 is 2.57 bits per heavy atom. The molecule has 0 radical (unpaired) electrons. The average Bonchev–Trinajstić information content (AvgIpc) is 2.52. The van der Waals surface area contributed by atoms with Gasteiger partial charge in [0.1, 0.15) is 0 Å². The van der Waals surface area contributed by atoms with Gasteiger partial charge in [-0.05, 0) is 36.9 Å². The molecule has 1 aliphatic heterocycles. The van der Waals surface area contributed by atoms with Crippen molar-refractivity contribution in [2.24, 2.45) is 5.92 Å². The van der Waals surface area contributed by atoms with E-state index in [2.05, 4.69) is 34.9 Å². The third-order valence-corrected chi connectivity index (χ3v) is 5.17. The Kier molecular flexibility index (Phi) is 7.38. The lowest BCUT2D eigenvalue weighted by molar-refractivity contribution is -0.125. The zero-order valence-electron chi connectivity index (χ0n) is 13.9. The van der Waals surface area contributed by atoms with Gasteiger partial charge in [-0.2, -0.15) is 0 Å². The molecule has 1 aromatic carbocycles. The Hall–Kier alpha value is -1.06. The van der Waals surface area contributed by atoms with Crippen LogP contribution in [0.1, 0.15) is 62.1 Å². The molecule has 3 rings (SSSR count). The van der Waals surface area contributed by atoms with Crippen LogP contribution in [0.4, 0.5) is 0 Å². The molecule has 0 spiro atoms. The Morgan fingerprint density at radius 2 is 1.78 bits per heavy atom. The van der Waals surface area contributed by atoms with Crippen molar-refractivity contribution in [2.75, 3.05) is 13.1 Å². The summed E-state index contributed by atoms with van der Waals surface area (Å²) in [6, 6.07) is 8.86. The van der Waals surface area contributed by atoms with Crippen LogP contribution >= 0.6 is 12.4 Å². The van der Waals surface area contributed by atoms with Crippen LogP contribution in [-0.2, 0) is 11.2 Å². The molecule has 0 saturated heterocycles. The molecule has 1 aliphatic carbocycles. The molecule has 3 nitrogen and oxygen atoms in total. The van der Waals surface area contributed by atoms with E-state index >= 15 is 0 Å². The first-order valence-electron chi connectivity index (χ1n) is 8.93. The number of hydrogen-bond acceptors (Lipinski definition) is 2. The Labute approximate surface area is 146 Å². The Bertz CT molecular complexity index is 498. The zero-order chi connectivity index (χ0) is 15.2. The zero-order valence-corrected chi connectivity index (χ0v) is 14.7. The quantitative estimate of drug-likeness (QED) is 0.882. The number of halogens is 1. The molecule has 0 bridgehead atoms. The van der Waals surface area contributed by atoms with Crippen LogP contribution in [-0.4, -0.2) is 19.0 Å². The van der Waals surface area contributed by atoms with Crippen molar-refractivity contribution < 1.29 is 4.79 Å². The van der Waals surface area contributed by atoms with Crippen LogP contribution in [0.3, 0.4) is 0 Å². The lowest BCUT2D eigenvalue weighted by atomic mass is 9.90. The van der Waals surface area contributed by atoms with Crippen LogP contribution in [0.15, 0.2) is 24.3 Å². The van der Waals surface area contributed by atoms with E-state index in [1.54, 1.807) is 0 Å². The minimum atomic E-state index is 0. The Morgan fingerprint density at radius 1 is 1.09 bits per heavy atom. The fourth-order valence-corrected chi connectivity index (χ4v) is 3.84. The van der Waals surface area contributed by atoms with Crippen molar-refractivity contribution in [3.05, 3.63) is 35.4 Å².